The van der Waals surface area contributed by atoms with E-state index in [1.165, 1.54) is 16.5 Å². The summed E-state index contributed by atoms with van der Waals surface area (Å²) in [7, 11) is 0. The van der Waals surface area contributed by atoms with Crippen molar-refractivity contribution >= 4 is 10.9 Å². The Balaban J connectivity index is 1.96. The van der Waals surface area contributed by atoms with Crippen molar-refractivity contribution in [2.75, 3.05) is 26.2 Å². The van der Waals surface area contributed by atoms with Crippen molar-refractivity contribution < 1.29 is 0 Å². The van der Waals surface area contributed by atoms with Gasteiger partial charge >= 0.3 is 0 Å². The maximum atomic E-state index is 3.93. The van der Waals surface area contributed by atoms with Crippen LogP contribution in [0, 0.1) is 0 Å². The summed E-state index contributed by atoms with van der Waals surface area (Å²) in [5, 5.41) is 4.76. The Kier molecular flexibility index (Phi) is 3.67. The number of rotatable bonds is 4. The van der Waals surface area contributed by atoms with Crippen LogP contribution in [0.5, 0.6) is 0 Å². The maximum Gasteiger partial charge on any atom is 0.0457 e. The van der Waals surface area contributed by atoms with E-state index in [4.69, 9.17) is 0 Å². The van der Waals surface area contributed by atoms with Crippen LogP contribution in [0.15, 0.2) is 43.1 Å². The van der Waals surface area contributed by atoms with Gasteiger partial charge in [-0.25, -0.2) is 0 Å². The average molecular weight is 255 g/mol. The van der Waals surface area contributed by atoms with Gasteiger partial charge in [-0.05, 0) is 18.1 Å². The third-order valence-corrected chi connectivity index (χ3v) is 3.96. The number of nitrogens with one attached hydrogen (secondary N) is 2. The largest absolute Gasteiger partial charge is 0.361 e. The molecule has 0 saturated carbocycles. The number of H-pyrrole nitrogens is 1. The Hall–Kier alpha value is -1.58. The second-order valence-corrected chi connectivity index (χ2v) is 5.12. The SMILES string of the molecule is C=CC[C@H](c1c[nH]c2ccccc12)N1CCNCC1. The zero-order valence-corrected chi connectivity index (χ0v) is 11.2. The summed E-state index contributed by atoms with van der Waals surface area (Å²) >= 11 is 0. The number of para-hydroxylation sites is 1. The molecule has 0 unspecified atom stereocenters. The Labute approximate surface area is 114 Å². The molecule has 19 heavy (non-hydrogen) atoms. The molecule has 1 aliphatic rings. The minimum atomic E-state index is 0.441. The predicted octanol–water partition coefficient (Wildman–Crippen LogP) is 2.69. The van der Waals surface area contributed by atoms with Crippen molar-refractivity contribution in [3.05, 3.63) is 48.7 Å². The van der Waals surface area contributed by atoms with Crippen molar-refractivity contribution in [1.82, 2.24) is 15.2 Å². The third kappa shape index (κ3) is 2.44. The van der Waals surface area contributed by atoms with Gasteiger partial charge in [-0.15, -0.1) is 6.58 Å². The van der Waals surface area contributed by atoms with E-state index < -0.39 is 0 Å². The van der Waals surface area contributed by atoms with E-state index >= 15 is 0 Å². The standard InChI is InChI=1S/C16H21N3/c1-2-5-16(19-10-8-17-9-11-19)14-12-18-15-7-4-3-6-13(14)15/h2-4,6-7,12,16-18H,1,5,8-11H2/t16-/m1/s1. The van der Waals surface area contributed by atoms with Crippen LogP contribution < -0.4 is 5.32 Å². The predicted molar refractivity (Wildman–Crippen MR) is 80.3 cm³/mol. The molecule has 2 heterocycles. The van der Waals surface area contributed by atoms with E-state index in [0.29, 0.717) is 6.04 Å². The Morgan fingerprint density at radius 3 is 2.84 bits per heavy atom. The zero-order valence-electron chi connectivity index (χ0n) is 11.2. The first-order valence-corrected chi connectivity index (χ1v) is 7.02. The number of hydrogen-bond acceptors (Lipinski definition) is 2. The molecule has 0 aliphatic carbocycles. The molecule has 1 saturated heterocycles. The second-order valence-electron chi connectivity index (χ2n) is 5.12. The molecule has 1 atom stereocenters. The number of aromatic nitrogens is 1. The molecular formula is C16H21N3. The van der Waals surface area contributed by atoms with Crippen LogP contribution in [0.2, 0.25) is 0 Å². The van der Waals surface area contributed by atoms with E-state index in [1.54, 1.807) is 0 Å². The molecule has 3 heteroatoms. The van der Waals surface area contributed by atoms with Gasteiger partial charge in [0.25, 0.3) is 0 Å². The lowest BCUT2D eigenvalue weighted by Crippen LogP contribution is -2.45. The first-order chi connectivity index (χ1) is 9.40. The molecular weight excluding hydrogens is 234 g/mol. The normalized spacial score (nSPS) is 18.5. The smallest absolute Gasteiger partial charge is 0.0457 e. The molecule has 3 rings (SSSR count). The van der Waals surface area contributed by atoms with E-state index in [9.17, 15) is 0 Å². The number of piperazine rings is 1. The highest BCUT2D eigenvalue weighted by Crippen LogP contribution is 2.31. The lowest BCUT2D eigenvalue weighted by molar-refractivity contribution is 0.175. The fourth-order valence-electron chi connectivity index (χ4n) is 2.99. The van der Waals surface area contributed by atoms with Crippen LogP contribution in [0.25, 0.3) is 10.9 Å². The van der Waals surface area contributed by atoms with Gasteiger partial charge in [0.15, 0.2) is 0 Å². The van der Waals surface area contributed by atoms with Crippen LogP contribution in [0.3, 0.4) is 0 Å². The summed E-state index contributed by atoms with van der Waals surface area (Å²) in [6.07, 6.45) is 5.21. The van der Waals surface area contributed by atoms with Gasteiger partial charge in [-0.2, -0.15) is 0 Å². The first kappa shape index (κ1) is 12.5. The topological polar surface area (TPSA) is 31.1 Å². The van der Waals surface area contributed by atoms with Crippen LogP contribution >= 0.6 is 0 Å². The molecule has 0 spiro atoms. The summed E-state index contributed by atoms with van der Waals surface area (Å²) in [6, 6.07) is 8.98. The molecule has 2 aromatic rings. The van der Waals surface area contributed by atoms with Gasteiger partial charge in [-0.1, -0.05) is 24.3 Å². The minimum Gasteiger partial charge on any atom is -0.361 e. The van der Waals surface area contributed by atoms with E-state index in [1.807, 2.05) is 6.08 Å². The summed E-state index contributed by atoms with van der Waals surface area (Å²) in [5.74, 6) is 0. The van der Waals surface area contributed by atoms with Crippen LogP contribution in [0.4, 0.5) is 0 Å². The molecule has 100 valence electrons. The maximum absolute atomic E-state index is 3.93. The molecule has 0 radical (unpaired) electrons. The Bertz CT molecular complexity index is 552. The molecule has 1 aromatic heterocycles. The van der Waals surface area contributed by atoms with E-state index in [2.05, 4.69) is 52.2 Å². The number of fused-ring (bicyclic) bond motifs is 1. The van der Waals surface area contributed by atoms with E-state index in [0.717, 1.165) is 32.6 Å². The fraction of sp³-hybridized carbons (Fsp3) is 0.375. The van der Waals surface area contributed by atoms with E-state index in [-0.39, 0.29) is 0 Å². The van der Waals surface area contributed by atoms with Crippen LogP contribution in [-0.4, -0.2) is 36.1 Å². The van der Waals surface area contributed by atoms with Crippen molar-refractivity contribution in [2.24, 2.45) is 0 Å². The molecule has 0 bridgehead atoms. The second kappa shape index (κ2) is 5.59. The minimum absolute atomic E-state index is 0.441. The zero-order chi connectivity index (χ0) is 13.1. The fourth-order valence-corrected chi connectivity index (χ4v) is 2.99. The number of nitrogens with zero attached hydrogens (tertiary/aromatic N) is 1. The summed E-state index contributed by atoms with van der Waals surface area (Å²) in [6.45, 7) is 8.31. The molecule has 0 amide bonds. The summed E-state index contributed by atoms with van der Waals surface area (Å²) in [5.41, 5.74) is 2.62. The quantitative estimate of drug-likeness (QED) is 0.823. The number of hydrogen-bond donors (Lipinski definition) is 2. The van der Waals surface area contributed by atoms with Crippen molar-refractivity contribution in [2.45, 2.75) is 12.5 Å². The van der Waals surface area contributed by atoms with Gasteiger partial charge in [0.1, 0.15) is 0 Å². The van der Waals surface area contributed by atoms with Gasteiger partial charge in [0.05, 0.1) is 0 Å². The summed E-state index contributed by atoms with van der Waals surface area (Å²) < 4.78 is 0. The lowest BCUT2D eigenvalue weighted by Gasteiger charge is -2.34. The van der Waals surface area contributed by atoms with Crippen LogP contribution in [-0.2, 0) is 0 Å². The highest BCUT2D eigenvalue weighted by Gasteiger charge is 2.23. The molecule has 1 aliphatic heterocycles. The Morgan fingerprint density at radius 1 is 1.26 bits per heavy atom. The molecule has 3 nitrogen and oxygen atoms in total. The van der Waals surface area contributed by atoms with Gasteiger partial charge in [0, 0.05) is 49.3 Å². The highest BCUT2D eigenvalue weighted by molar-refractivity contribution is 5.83. The van der Waals surface area contributed by atoms with Crippen molar-refractivity contribution in [3.63, 3.8) is 0 Å². The van der Waals surface area contributed by atoms with Gasteiger partial charge in [-0.3, -0.25) is 4.90 Å². The highest BCUT2D eigenvalue weighted by atomic mass is 15.2. The van der Waals surface area contributed by atoms with Gasteiger partial charge < -0.3 is 10.3 Å². The molecule has 2 N–H and O–H groups in total. The Morgan fingerprint density at radius 2 is 2.05 bits per heavy atom. The summed E-state index contributed by atoms with van der Waals surface area (Å²) in [4.78, 5) is 5.95. The lowest BCUT2D eigenvalue weighted by atomic mass is 10.0. The monoisotopic (exact) mass is 255 g/mol. The molecule has 1 fully saturated rings. The van der Waals surface area contributed by atoms with Crippen molar-refractivity contribution in [3.8, 4) is 0 Å². The first-order valence-electron chi connectivity index (χ1n) is 7.02. The number of benzene rings is 1. The number of aromatic amines is 1. The van der Waals surface area contributed by atoms with Crippen molar-refractivity contribution in [1.29, 1.82) is 0 Å². The molecule has 1 aromatic carbocycles. The van der Waals surface area contributed by atoms with Crippen LogP contribution in [0.1, 0.15) is 18.0 Å². The average Bonchev–Trinajstić information content (AvgIpc) is 2.89. The van der Waals surface area contributed by atoms with Gasteiger partial charge in [0.2, 0.25) is 0 Å². The third-order valence-electron chi connectivity index (χ3n) is 3.96.